The summed E-state index contributed by atoms with van der Waals surface area (Å²) in [6.45, 7) is 0. The van der Waals surface area contributed by atoms with Gasteiger partial charge in [0.25, 0.3) is 10.0 Å². The molecule has 0 bridgehead atoms. The van der Waals surface area contributed by atoms with Gasteiger partial charge in [-0.25, -0.2) is 18.0 Å². The third-order valence-corrected chi connectivity index (χ3v) is 4.88. The Morgan fingerprint density at radius 3 is 1.75 bits per heavy atom. The van der Waals surface area contributed by atoms with Gasteiger partial charge in [-0.1, -0.05) is 0 Å². The number of alkyl halides is 3. The van der Waals surface area contributed by atoms with Crippen LogP contribution < -0.4 is 4.72 Å². The summed E-state index contributed by atoms with van der Waals surface area (Å²) < 4.78 is 74.1. The van der Waals surface area contributed by atoms with E-state index in [0.29, 0.717) is 12.1 Å². The van der Waals surface area contributed by atoms with E-state index >= 15 is 0 Å². The molecule has 0 amide bonds. The lowest BCUT2D eigenvalue weighted by atomic mass is 10.1. The molecule has 2 rings (SSSR count). The summed E-state index contributed by atoms with van der Waals surface area (Å²) in [5.74, 6) is -1.78. The highest BCUT2D eigenvalue weighted by Gasteiger charge is 2.30. The molecule has 0 aliphatic heterocycles. The quantitative estimate of drug-likeness (QED) is 0.751. The lowest BCUT2D eigenvalue weighted by molar-refractivity contribution is -0.137. The van der Waals surface area contributed by atoms with E-state index in [0.717, 1.165) is 44.6 Å². The number of ether oxygens (including phenoxy) is 2. The number of esters is 2. The first-order valence-corrected chi connectivity index (χ1v) is 8.98. The van der Waals surface area contributed by atoms with E-state index in [4.69, 9.17) is 0 Å². The number of anilines is 1. The molecule has 1 N–H and O–H groups in total. The molecule has 0 aromatic heterocycles. The van der Waals surface area contributed by atoms with Crippen molar-refractivity contribution in [2.24, 2.45) is 0 Å². The minimum atomic E-state index is -4.57. The van der Waals surface area contributed by atoms with Crippen LogP contribution in [0.2, 0.25) is 0 Å². The van der Waals surface area contributed by atoms with Crippen molar-refractivity contribution in [3.05, 3.63) is 59.2 Å². The summed E-state index contributed by atoms with van der Waals surface area (Å²) in [7, 11) is -2.19. The first-order chi connectivity index (χ1) is 13.0. The zero-order chi connectivity index (χ0) is 21.1. The Labute approximate surface area is 158 Å². The Morgan fingerprint density at radius 2 is 1.36 bits per heavy atom. The molecule has 0 unspecified atom stereocenters. The monoisotopic (exact) mass is 417 g/mol. The molecule has 0 radical (unpaired) electrons. The second-order valence-electron chi connectivity index (χ2n) is 5.41. The molecule has 0 atom stereocenters. The maximum atomic E-state index is 12.6. The topological polar surface area (TPSA) is 98.8 Å². The van der Waals surface area contributed by atoms with Crippen LogP contribution in [0.1, 0.15) is 26.3 Å². The van der Waals surface area contributed by atoms with Gasteiger partial charge in [-0.15, -0.1) is 0 Å². The van der Waals surface area contributed by atoms with Crippen molar-refractivity contribution < 1.29 is 40.7 Å². The lowest BCUT2D eigenvalue weighted by Gasteiger charge is -2.12. The number of nitrogens with one attached hydrogen (secondary N) is 1. The van der Waals surface area contributed by atoms with Crippen LogP contribution in [0, 0.1) is 0 Å². The van der Waals surface area contributed by atoms with Crippen molar-refractivity contribution in [2.45, 2.75) is 11.1 Å². The summed E-state index contributed by atoms with van der Waals surface area (Å²) in [5.41, 5.74) is -1.54. The summed E-state index contributed by atoms with van der Waals surface area (Å²) in [4.78, 5) is 23.0. The SMILES string of the molecule is COC(=O)c1cc(C(=O)OC)cc(S(=O)(=O)Nc2ccc(C(F)(F)F)cc2)c1. The van der Waals surface area contributed by atoms with Crippen LogP contribution in [0.25, 0.3) is 0 Å². The fourth-order valence-electron chi connectivity index (χ4n) is 2.17. The summed E-state index contributed by atoms with van der Waals surface area (Å²) >= 11 is 0. The second kappa shape index (κ2) is 7.89. The molecule has 11 heteroatoms. The Morgan fingerprint density at radius 1 is 0.893 bits per heavy atom. The van der Waals surface area contributed by atoms with Crippen LogP contribution in [0.4, 0.5) is 18.9 Å². The molecule has 0 heterocycles. The normalized spacial score (nSPS) is 11.6. The largest absolute Gasteiger partial charge is 0.465 e. The summed E-state index contributed by atoms with van der Waals surface area (Å²) in [5, 5.41) is 0. The maximum absolute atomic E-state index is 12.6. The Bertz CT molecular complexity index is 966. The van der Waals surface area contributed by atoms with Crippen molar-refractivity contribution in [1.29, 1.82) is 0 Å². The predicted molar refractivity (Wildman–Crippen MR) is 91.4 cm³/mol. The molecule has 0 aliphatic rings. The standard InChI is InChI=1S/C17H14F3NO6S/c1-26-15(22)10-7-11(16(23)27-2)9-14(8-10)28(24,25)21-13-5-3-12(4-6-13)17(18,19)20/h3-9,21H,1-2H3. The summed E-state index contributed by atoms with van der Waals surface area (Å²) in [6, 6.07) is 6.31. The highest BCUT2D eigenvalue weighted by molar-refractivity contribution is 7.92. The minimum Gasteiger partial charge on any atom is -0.465 e. The van der Waals surface area contributed by atoms with E-state index in [-0.39, 0.29) is 16.8 Å². The molecule has 2 aromatic carbocycles. The zero-order valence-electron chi connectivity index (χ0n) is 14.5. The van der Waals surface area contributed by atoms with Gasteiger partial charge in [0.05, 0.1) is 35.8 Å². The molecule has 0 fully saturated rings. The average molecular weight is 417 g/mol. The van der Waals surface area contributed by atoms with Gasteiger partial charge in [0.15, 0.2) is 0 Å². The highest BCUT2D eigenvalue weighted by atomic mass is 32.2. The number of carbonyl (C=O) groups is 2. The zero-order valence-corrected chi connectivity index (χ0v) is 15.3. The van der Waals surface area contributed by atoms with Crippen molar-refractivity contribution in [2.75, 3.05) is 18.9 Å². The second-order valence-corrected chi connectivity index (χ2v) is 7.09. The van der Waals surface area contributed by atoms with E-state index in [2.05, 4.69) is 14.2 Å². The fourth-order valence-corrected chi connectivity index (χ4v) is 3.30. The van der Waals surface area contributed by atoms with Crippen molar-refractivity contribution in [3.8, 4) is 0 Å². The molecule has 28 heavy (non-hydrogen) atoms. The van der Waals surface area contributed by atoms with Gasteiger partial charge in [0.2, 0.25) is 0 Å². The van der Waals surface area contributed by atoms with Gasteiger partial charge < -0.3 is 9.47 Å². The number of sulfonamides is 1. The molecular formula is C17H14F3NO6S. The first kappa shape index (κ1) is 21.2. The number of rotatable bonds is 5. The van der Waals surface area contributed by atoms with E-state index in [1.54, 1.807) is 0 Å². The van der Waals surface area contributed by atoms with E-state index in [9.17, 15) is 31.2 Å². The first-order valence-electron chi connectivity index (χ1n) is 7.49. The molecule has 0 saturated carbocycles. The Kier molecular flexibility index (Phi) is 5.98. The number of methoxy groups -OCH3 is 2. The van der Waals surface area contributed by atoms with Crippen LogP contribution in [0.5, 0.6) is 0 Å². The molecular weight excluding hydrogens is 403 g/mol. The number of hydrogen-bond acceptors (Lipinski definition) is 6. The minimum absolute atomic E-state index is 0.143. The number of hydrogen-bond donors (Lipinski definition) is 1. The molecule has 2 aromatic rings. The van der Waals surface area contributed by atoms with Crippen molar-refractivity contribution in [1.82, 2.24) is 0 Å². The number of halogens is 3. The van der Waals surface area contributed by atoms with E-state index < -0.39 is 38.6 Å². The van der Waals surface area contributed by atoms with Gasteiger partial charge >= 0.3 is 18.1 Å². The fraction of sp³-hybridized carbons (Fsp3) is 0.176. The van der Waals surface area contributed by atoms with Crippen LogP contribution in [0.3, 0.4) is 0 Å². The summed E-state index contributed by atoms with van der Waals surface area (Å²) in [6.07, 6.45) is -4.57. The van der Waals surface area contributed by atoms with E-state index in [1.807, 2.05) is 0 Å². The predicted octanol–water partition coefficient (Wildman–Crippen LogP) is 3.08. The molecule has 150 valence electrons. The van der Waals surface area contributed by atoms with Gasteiger partial charge in [0.1, 0.15) is 0 Å². The Hall–Kier alpha value is -3.08. The van der Waals surface area contributed by atoms with Gasteiger partial charge in [-0.05, 0) is 42.5 Å². The van der Waals surface area contributed by atoms with Crippen molar-refractivity contribution >= 4 is 27.6 Å². The lowest BCUT2D eigenvalue weighted by Crippen LogP contribution is -2.16. The average Bonchev–Trinajstić information content (AvgIpc) is 2.65. The van der Waals surface area contributed by atoms with Gasteiger partial charge in [-0.2, -0.15) is 13.2 Å². The highest BCUT2D eigenvalue weighted by Crippen LogP contribution is 2.30. The smallest absolute Gasteiger partial charge is 0.416 e. The number of benzene rings is 2. The molecule has 0 aliphatic carbocycles. The van der Waals surface area contributed by atoms with Crippen LogP contribution in [-0.2, 0) is 25.7 Å². The van der Waals surface area contributed by atoms with Gasteiger partial charge in [0, 0.05) is 5.69 Å². The van der Waals surface area contributed by atoms with Crippen LogP contribution in [0.15, 0.2) is 47.4 Å². The maximum Gasteiger partial charge on any atom is 0.416 e. The van der Waals surface area contributed by atoms with Crippen LogP contribution >= 0.6 is 0 Å². The molecule has 0 spiro atoms. The third kappa shape index (κ3) is 4.80. The number of carbonyl (C=O) groups excluding carboxylic acids is 2. The Balaban J connectivity index is 2.44. The van der Waals surface area contributed by atoms with Gasteiger partial charge in [-0.3, -0.25) is 4.72 Å². The van der Waals surface area contributed by atoms with E-state index in [1.165, 1.54) is 0 Å². The molecule has 0 saturated heterocycles. The molecule has 7 nitrogen and oxygen atoms in total. The van der Waals surface area contributed by atoms with Crippen LogP contribution in [-0.4, -0.2) is 34.6 Å². The third-order valence-electron chi connectivity index (χ3n) is 3.52. The van der Waals surface area contributed by atoms with Crippen molar-refractivity contribution in [3.63, 3.8) is 0 Å².